The largest absolute Gasteiger partial charge is 0.496 e. The number of methoxy groups -OCH3 is 1. The summed E-state index contributed by atoms with van der Waals surface area (Å²) in [6.45, 7) is -0.00635. The fourth-order valence-electron chi connectivity index (χ4n) is 2.31. The fraction of sp³-hybridized carbons (Fsp3) is 0.500. The molecule has 0 amide bonds. The molecule has 1 saturated heterocycles. The van der Waals surface area contributed by atoms with E-state index in [0.29, 0.717) is 5.56 Å². The van der Waals surface area contributed by atoms with Gasteiger partial charge in [0.2, 0.25) is 0 Å². The Morgan fingerprint density at radius 2 is 1.83 bits per heavy atom. The second kappa shape index (κ2) is 6.50. The highest BCUT2D eigenvalue weighted by Crippen LogP contribution is 2.36. The molecule has 0 saturated carbocycles. The molecule has 0 aromatic heterocycles. The lowest BCUT2D eigenvalue weighted by molar-refractivity contribution is -0.253. The summed E-state index contributed by atoms with van der Waals surface area (Å²) in [6.07, 6.45) is -10.5. The van der Waals surface area contributed by atoms with Crippen molar-refractivity contribution < 1.29 is 40.7 Å². The van der Waals surface area contributed by atoms with Crippen molar-refractivity contribution in [3.63, 3.8) is 0 Å². The van der Waals surface area contributed by atoms with Gasteiger partial charge in [-0.1, -0.05) is 12.1 Å². The quantitative estimate of drug-likeness (QED) is 0.776. The number of rotatable bonds is 4. The molecular formula is C14H13F6NO3. The third kappa shape index (κ3) is 4.53. The average molecular weight is 357 g/mol. The molecule has 24 heavy (non-hydrogen) atoms. The second-order valence-electron chi connectivity index (χ2n) is 5.29. The molecule has 1 fully saturated rings. The van der Waals surface area contributed by atoms with E-state index in [9.17, 15) is 31.1 Å². The summed E-state index contributed by atoms with van der Waals surface area (Å²) in [5, 5.41) is 0.837. The van der Waals surface area contributed by atoms with E-state index in [1.807, 2.05) is 0 Å². The topological polar surface area (TPSA) is 38.8 Å². The smallest absolute Gasteiger partial charge is 0.492 e. The van der Waals surface area contributed by atoms with Crippen molar-refractivity contribution in [2.45, 2.75) is 24.7 Å². The van der Waals surface area contributed by atoms with Crippen LogP contribution in [0.15, 0.2) is 18.2 Å². The van der Waals surface area contributed by atoms with Gasteiger partial charge in [-0.15, -0.1) is 5.06 Å². The zero-order valence-corrected chi connectivity index (χ0v) is 12.4. The molecule has 1 aliphatic rings. The molecule has 10 heteroatoms. The number of hydroxylamine groups is 2. The van der Waals surface area contributed by atoms with Crippen LogP contribution in [0.4, 0.5) is 26.3 Å². The van der Waals surface area contributed by atoms with Gasteiger partial charge in [-0.05, 0) is 11.6 Å². The average Bonchev–Trinajstić information content (AvgIpc) is 2.39. The first kappa shape index (κ1) is 18.4. The zero-order valence-electron chi connectivity index (χ0n) is 12.4. The maximum atomic E-state index is 12.4. The fourth-order valence-corrected chi connectivity index (χ4v) is 2.31. The van der Waals surface area contributed by atoms with Gasteiger partial charge in [0.25, 0.3) is 0 Å². The lowest BCUT2D eigenvalue weighted by Gasteiger charge is -2.37. The first-order valence-corrected chi connectivity index (χ1v) is 6.77. The van der Waals surface area contributed by atoms with Gasteiger partial charge in [0.1, 0.15) is 5.75 Å². The number of carbonyl (C=O) groups is 1. The third-order valence-electron chi connectivity index (χ3n) is 3.43. The van der Waals surface area contributed by atoms with Crippen LogP contribution in [0.2, 0.25) is 0 Å². The number of hydrogen-bond acceptors (Lipinski definition) is 4. The lowest BCUT2D eigenvalue weighted by atomic mass is 9.91. The van der Waals surface area contributed by atoms with Crippen molar-refractivity contribution in [2.24, 2.45) is 0 Å². The van der Waals surface area contributed by atoms with Gasteiger partial charge in [-0.3, -0.25) is 0 Å². The van der Waals surface area contributed by atoms with Gasteiger partial charge < -0.3 is 9.57 Å². The normalized spacial score (nSPS) is 16.6. The van der Waals surface area contributed by atoms with Crippen molar-refractivity contribution in [2.75, 3.05) is 20.2 Å². The summed E-state index contributed by atoms with van der Waals surface area (Å²) < 4.78 is 78.5. The maximum absolute atomic E-state index is 12.4. The lowest BCUT2D eigenvalue weighted by Crippen LogP contribution is -2.48. The minimum absolute atomic E-state index is 0.00318. The van der Waals surface area contributed by atoms with E-state index in [2.05, 4.69) is 4.84 Å². The molecular weight excluding hydrogens is 344 g/mol. The van der Waals surface area contributed by atoms with Gasteiger partial charge >= 0.3 is 18.3 Å². The van der Waals surface area contributed by atoms with Crippen LogP contribution in [0.5, 0.6) is 5.75 Å². The SMILES string of the molecule is COc1cc(CC(F)(F)F)ccc1C1CN(OC(=O)C(F)(F)F)C1. The van der Waals surface area contributed by atoms with Gasteiger partial charge in [-0.2, -0.15) is 26.3 Å². The molecule has 0 unspecified atom stereocenters. The van der Waals surface area contributed by atoms with Crippen molar-refractivity contribution in [3.05, 3.63) is 29.3 Å². The van der Waals surface area contributed by atoms with Crippen LogP contribution in [-0.2, 0) is 16.1 Å². The van der Waals surface area contributed by atoms with E-state index < -0.39 is 24.7 Å². The van der Waals surface area contributed by atoms with Crippen LogP contribution in [0.25, 0.3) is 0 Å². The van der Waals surface area contributed by atoms with E-state index in [0.717, 1.165) is 5.06 Å². The summed E-state index contributed by atoms with van der Waals surface area (Å²) in [5.74, 6) is -2.40. The number of halogens is 6. The summed E-state index contributed by atoms with van der Waals surface area (Å²) in [5.41, 5.74) is 0.561. The Balaban J connectivity index is 2.00. The van der Waals surface area contributed by atoms with E-state index in [1.54, 1.807) is 0 Å². The van der Waals surface area contributed by atoms with E-state index >= 15 is 0 Å². The molecule has 1 aromatic rings. The van der Waals surface area contributed by atoms with E-state index in [4.69, 9.17) is 4.74 Å². The Morgan fingerprint density at radius 3 is 2.33 bits per heavy atom. The molecule has 0 aliphatic carbocycles. The van der Waals surface area contributed by atoms with Crippen LogP contribution >= 0.6 is 0 Å². The van der Waals surface area contributed by atoms with E-state index in [-0.39, 0.29) is 30.3 Å². The third-order valence-corrected chi connectivity index (χ3v) is 3.43. The van der Waals surface area contributed by atoms with Crippen LogP contribution in [-0.4, -0.2) is 43.6 Å². The van der Waals surface area contributed by atoms with Crippen LogP contribution in [0.1, 0.15) is 17.0 Å². The van der Waals surface area contributed by atoms with Gasteiger partial charge in [0.15, 0.2) is 0 Å². The van der Waals surface area contributed by atoms with Crippen molar-refractivity contribution >= 4 is 5.97 Å². The Morgan fingerprint density at radius 1 is 1.21 bits per heavy atom. The van der Waals surface area contributed by atoms with Gasteiger partial charge in [-0.25, -0.2) is 4.79 Å². The Hall–Kier alpha value is -1.97. The minimum Gasteiger partial charge on any atom is -0.496 e. The number of nitrogens with zero attached hydrogens (tertiary/aromatic N) is 1. The first-order valence-electron chi connectivity index (χ1n) is 6.77. The zero-order chi connectivity index (χ0) is 18.1. The molecule has 134 valence electrons. The molecule has 0 spiro atoms. The number of ether oxygens (including phenoxy) is 1. The highest BCUT2D eigenvalue weighted by Gasteiger charge is 2.44. The Labute approximate surface area is 132 Å². The van der Waals surface area contributed by atoms with E-state index in [1.165, 1.54) is 25.3 Å². The summed E-state index contributed by atoms with van der Waals surface area (Å²) in [6, 6.07) is 3.97. The molecule has 0 N–H and O–H groups in total. The Bertz CT molecular complexity index is 608. The molecule has 2 rings (SSSR count). The summed E-state index contributed by atoms with van der Waals surface area (Å²) >= 11 is 0. The van der Waals surface area contributed by atoms with Crippen LogP contribution in [0.3, 0.4) is 0 Å². The highest BCUT2D eigenvalue weighted by atomic mass is 19.4. The Kier molecular flexibility index (Phi) is 4.97. The number of benzene rings is 1. The second-order valence-corrected chi connectivity index (χ2v) is 5.29. The monoisotopic (exact) mass is 357 g/mol. The van der Waals surface area contributed by atoms with Gasteiger partial charge in [0, 0.05) is 24.6 Å². The molecule has 1 heterocycles. The number of hydrogen-bond donors (Lipinski definition) is 0. The number of carbonyl (C=O) groups excluding carboxylic acids is 1. The minimum atomic E-state index is -5.08. The molecule has 0 atom stereocenters. The molecule has 1 aliphatic heterocycles. The van der Waals surface area contributed by atoms with Crippen molar-refractivity contribution in [3.8, 4) is 5.75 Å². The molecule has 4 nitrogen and oxygen atoms in total. The summed E-state index contributed by atoms with van der Waals surface area (Å²) in [4.78, 5) is 14.8. The van der Waals surface area contributed by atoms with Crippen LogP contribution < -0.4 is 4.74 Å². The highest BCUT2D eigenvalue weighted by molar-refractivity contribution is 5.75. The number of alkyl halides is 6. The van der Waals surface area contributed by atoms with Crippen molar-refractivity contribution in [1.82, 2.24) is 5.06 Å². The molecule has 1 aromatic carbocycles. The predicted octanol–water partition coefficient (Wildman–Crippen LogP) is 3.22. The van der Waals surface area contributed by atoms with Crippen molar-refractivity contribution in [1.29, 1.82) is 0 Å². The first-order chi connectivity index (χ1) is 11.0. The standard InChI is InChI=1S/C14H13F6NO3/c1-23-11-4-8(5-13(15,16)17)2-3-10(11)9-6-21(7-9)24-12(22)14(18,19)20/h2-4,9H,5-7H2,1H3. The summed E-state index contributed by atoms with van der Waals surface area (Å²) in [7, 11) is 1.29. The molecule has 0 radical (unpaired) electrons. The predicted molar refractivity (Wildman–Crippen MR) is 69.2 cm³/mol. The molecule has 0 bridgehead atoms. The van der Waals surface area contributed by atoms with Crippen LogP contribution in [0, 0.1) is 0 Å². The van der Waals surface area contributed by atoms with Gasteiger partial charge in [0.05, 0.1) is 13.5 Å². The maximum Gasteiger partial charge on any atom is 0.492 e.